The van der Waals surface area contributed by atoms with E-state index in [9.17, 15) is 19.5 Å². The molecular weight excluding hydrogens is 398 g/mol. The number of hydrogen-bond donors (Lipinski definition) is 1. The molecule has 0 aliphatic heterocycles. The Labute approximate surface area is 181 Å². The van der Waals surface area contributed by atoms with E-state index in [-0.39, 0.29) is 17.7 Å². The third-order valence-electron chi connectivity index (χ3n) is 6.13. The van der Waals surface area contributed by atoms with Crippen molar-refractivity contribution in [3.63, 3.8) is 0 Å². The van der Waals surface area contributed by atoms with Gasteiger partial charge in [-0.15, -0.1) is 0 Å². The quantitative estimate of drug-likeness (QED) is 0.647. The first-order valence-corrected chi connectivity index (χ1v) is 11.0. The van der Waals surface area contributed by atoms with E-state index in [1.165, 1.54) is 6.07 Å². The van der Waals surface area contributed by atoms with Gasteiger partial charge in [0.1, 0.15) is 11.3 Å². The number of carboxylic acids is 1. The van der Waals surface area contributed by atoms with Gasteiger partial charge in [0.05, 0.1) is 0 Å². The molecule has 0 saturated heterocycles. The van der Waals surface area contributed by atoms with E-state index in [1.54, 1.807) is 6.92 Å². The van der Waals surface area contributed by atoms with E-state index in [2.05, 4.69) is 12.2 Å². The van der Waals surface area contributed by atoms with Crippen molar-refractivity contribution in [3.8, 4) is 5.75 Å². The lowest BCUT2D eigenvalue weighted by Crippen LogP contribution is -2.40. The number of fused-ring (bicyclic) bond motifs is 1. The molecule has 1 atom stereocenters. The first kappa shape index (κ1) is 22.8. The van der Waals surface area contributed by atoms with Crippen molar-refractivity contribution in [1.29, 1.82) is 0 Å². The van der Waals surface area contributed by atoms with Gasteiger partial charge in [-0.2, -0.15) is 0 Å². The fraction of sp³-hybridized carbons (Fsp3) is 0.542. The Hall–Kier alpha value is -2.83. The predicted octanol–water partition coefficient (Wildman–Crippen LogP) is 2.49. The molecular formula is C24H30NO6-. The zero-order valence-corrected chi connectivity index (χ0v) is 18.4. The molecule has 3 rings (SSSR count). The fourth-order valence-corrected chi connectivity index (χ4v) is 4.25. The standard InChI is InChI=1S/C24H31NO6/c1-4-5-18-12-21(26)31-22-14(2)20(11-10-19(18)22)30-15(3)23(27)25-13-16-6-8-17(9-7-16)24(28)29/h10-12,15-17H,4-9,13H2,1-3H3,(H,25,27)(H,28,29)/p-1/t15-,16?,17?/m0/s1. The molecule has 1 amide bonds. The zero-order chi connectivity index (χ0) is 22.5. The fourth-order valence-electron chi connectivity index (χ4n) is 4.25. The summed E-state index contributed by atoms with van der Waals surface area (Å²) in [5.41, 5.74) is 1.73. The van der Waals surface area contributed by atoms with E-state index < -0.39 is 17.7 Å². The van der Waals surface area contributed by atoms with Crippen LogP contribution in [-0.4, -0.2) is 24.5 Å². The predicted molar refractivity (Wildman–Crippen MR) is 115 cm³/mol. The minimum atomic E-state index is -0.979. The average Bonchev–Trinajstić information content (AvgIpc) is 2.74. The summed E-state index contributed by atoms with van der Waals surface area (Å²) in [4.78, 5) is 35.4. The molecule has 2 aromatic rings. The summed E-state index contributed by atoms with van der Waals surface area (Å²) in [5, 5.41) is 14.7. The van der Waals surface area contributed by atoms with Gasteiger partial charge in [0.2, 0.25) is 0 Å². The van der Waals surface area contributed by atoms with Crippen LogP contribution in [0.3, 0.4) is 0 Å². The van der Waals surface area contributed by atoms with Gasteiger partial charge in [-0.3, -0.25) is 4.79 Å². The maximum atomic E-state index is 12.5. The maximum absolute atomic E-state index is 12.5. The van der Waals surface area contributed by atoms with Gasteiger partial charge in [-0.05, 0) is 75.5 Å². The Morgan fingerprint density at radius 3 is 2.61 bits per heavy atom. The van der Waals surface area contributed by atoms with Crippen LogP contribution in [0.5, 0.6) is 5.75 Å². The molecule has 1 N–H and O–H groups in total. The van der Waals surface area contributed by atoms with E-state index in [4.69, 9.17) is 9.15 Å². The first-order chi connectivity index (χ1) is 14.8. The van der Waals surface area contributed by atoms with Gasteiger partial charge in [0.25, 0.3) is 5.91 Å². The molecule has 0 radical (unpaired) electrons. The Bertz CT molecular complexity index is 1000. The van der Waals surface area contributed by atoms with Crippen LogP contribution in [0.2, 0.25) is 0 Å². The minimum absolute atomic E-state index is 0.234. The second-order valence-electron chi connectivity index (χ2n) is 8.45. The molecule has 1 heterocycles. The van der Waals surface area contributed by atoms with E-state index in [0.717, 1.165) is 36.6 Å². The van der Waals surface area contributed by atoms with Gasteiger partial charge in [0, 0.05) is 29.5 Å². The van der Waals surface area contributed by atoms with Crippen LogP contribution in [0.25, 0.3) is 11.0 Å². The van der Waals surface area contributed by atoms with Gasteiger partial charge in [-0.1, -0.05) is 13.3 Å². The lowest BCUT2D eigenvalue weighted by Gasteiger charge is -2.29. The molecule has 1 fully saturated rings. The van der Waals surface area contributed by atoms with Crippen molar-refractivity contribution in [1.82, 2.24) is 5.32 Å². The Balaban J connectivity index is 1.62. The topological polar surface area (TPSA) is 109 Å². The van der Waals surface area contributed by atoms with Crippen LogP contribution < -0.4 is 20.8 Å². The van der Waals surface area contributed by atoms with E-state index >= 15 is 0 Å². The van der Waals surface area contributed by atoms with Crippen molar-refractivity contribution in [2.24, 2.45) is 11.8 Å². The summed E-state index contributed by atoms with van der Waals surface area (Å²) in [5.74, 6) is -0.819. The van der Waals surface area contributed by atoms with Gasteiger partial charge in [0.15, 0.2) is 6.10 Å². The number of ether oxygens (including phenoxy) is 1. The molecule has 1 aliphatic rings. The molecule has 0 unspecified atom stereocenters. The van der Waals surface area contributed by atoms with Gasteiger partial charge in [-0.25, -0.2) is 4.79 Å². The van der Waals surface area contributed by atoms with Crippen LogP contribution >= 0.6 is 0 Å². The van der Waals surface area contributed by atoms with Crippen molar-refractivity contribution in [2.45, 2.75) is 65.4 Å². The minimum Gasteiger partial charge on any atom is -0.550 e. The Kier molecular flexibility index (Phi) is 7.36. The SMILES string of the molecule is CCCc1cc(=O)oc2c(C)c(O[C@@H](C)C(=O)NCC3CCC(C(=O)[O-])CC3)ccc12. The number of rotatable bonds is 8. The number of nitrogens with one attached hydrogen (secondary N) is 1. The Morgan fingerprint density at radius 1 is 1.26 bits per heavy atom. The second kappa shape index (κ2) is 9.98. The third kappa shape index (κ3) is 5.46. The lowest BCUT2D eigenvalue weighted by atomic mass is 9.82. The number of amides is 1. The molecule has 1 saturated carbocycles. The highest BCUT2D eigenvalue weighted by Crippen LogP contribution is 2.30. The zero-order valence-electron chi connectivity index (χ0n) is 18.4. The first-order valence-electron chi connectivity index (χ1n) is 11.0. The highest BCUT2D eigenvalue weighted by atomic mass is 16.5. The summed E-state index contributed by atoms with van der Waals surface area (Å²) < 4.78 is 11.3. The lowest BCUT2D eigenvalue weighted by molar-refractivity contribution is -0.312. The maximum Gasteiger partial charge on any atom is 0.336 e. The van der Waals surface area contributed by atoms with Crippen molar-refractivity contribution in [2.75, 3.05) is 6.54 Å². The highest BCUT2D eigenvalue weighted by Gasteiger charge is 2.24. The highest BCUT2D eigenvalue weighted by molar-refractivity contribution is 5.85. The molecule has 1 aromatic carbocycles. The number of hydrogen-bond acceptors (Lipinski definition) is 6. The van der Waals surface area contributed by atoms with Gasteiger partial charge < -0.3 is 24.4 Å². The summed E-state index contributed by atoms with van der Waals surface area (Å²) in [6.07, 6.45) is 3.69. The molecule has 0 spiro atoms. The molecule has 0 bridgehead atoms. The number of aryl methyl sites for hydroxylation is 2. The number of carbonyl (C=O) groups excluding carboxylic acids is 2. The van der Waals surface area contributed by atoms with Crippen LogP contribution in [0, 0.1) is 18.8 Å². The average molecular weight is 429 g/mol. The van der Waals surface area contributed by atoms with Crippen LogP contribution in [0.15, 0.2) is 27.4 Å². The monoisotopic (exact) mass is 428 g/mol. The summed E-state index contributed by atoms with van der Waals surface area (Å²) in [6.45, 7) is 6.05. The van der Waals surface area contributed by atoms with Crippen LogP contribution in [0.1, 0.15) is 57.1 Å². The normalized spacial score (nSPS) is 19.7. The van der Waals surface area contributed by atoms with Crippen LogP contribution in [0.4, 0.5) is 0 Å². The molecule has 7 nitrogen and oxygen atoms in total. The van der Waals surface area contributed by atoms with Crippen molar-refractivity contribution < 1.29 is 23.8 Å². The van der Waals surface area contributed by atoms with Crippen molar-refractivity contribution in [3.05, 3.63) is 39.7 Å². The van der Waals surface area contributed by atoms with E-state index in [0.29, 0.717) is 36.3 Å². The summed E-state index contributed by atoms with van der Waals surface area (Å²) in [6, 6.07) is 5.20. The number of aliphatic carboxylic acids is 1. The van der Waals surface area contributed by atoms with E-state index in [1.807, 2.05) is 19.1 Å². The largest absolute Gasteiger partial charge is 0.550 e. The molecule has 168 valence electrons. The smallest absolute Gasteiger partial charge is 0.336 e. The summed E-state index contributed by atoms with van der Waals surface area (Å²) >= 11 is 0. The number of carbonyl (C=O) groups is 2. The second-order valence-corrected chi connectivity index (χ2v) is 8.45. The van der Waals surface area contributed by atoms with Gasteiger partial charge >= 0.3 is 5.63 Å². The number of carboxylic acid groups (broad SMARTS) is 1. The molecule has 1 aromatic heterocycles. The molecule has 7 heteroatoms. The number of benzene rings is 1. The summed E-state index contributed by atoms with van der Waals surface area (Å²) in [7, 11) is 0. The van der Waals surface area contributed by atoms with Crippen molar-refractivity contribution >= 4 is 22.8 Å². The Morgan fingerprint density at radius 2 is 1.97 bits per heavy atom. The molecule has 31 heavy (non-hydrogen) atoms. The van der Waals surface area contributed by atoms with Crippen LogP contribution in [-0.2, 0) is 16.0 Å². The molecule has 1 aliphatic carbocycles. The third-order valence-corrected chi connectivity index (χ3v) is 6.13.